The standard InChI is InChI=1S/C17H28N4O3S/c1-4-21(5-2)25(23,24)16-12-15(7-6-14(16)3)19-17(22)13-20-10-8-18-9-11-20/h6-7,12,18H,4-5,8-11,13H2,1-3H3,(H,19,22). The van der Waals surface area contributed by atoms with E-state index in [1.807, 2.05) is 13.8 Å². The van der Waals surface area contributed by atoms with E-state index in [-0.39, 0.29) is 10.8 Å². The Morgan fingerprint density at radius 2 is 1.88 bits per heavy atom. The quantitative estimate of drug-likeness (QED) is 0.746. The number of benzene rings is 1. The summed E-state index contributed by atoms with van der Waals surface area (Å²) >= 11 is 0. The fraction of sp³-hybridized carbons (Fsp3) is 0.588. The van der Waals surface area contributed by atoms with Crippen molar-refractivity contribution >= 4 is 21.6 Å². The molecule has 7 nitrogen and oxygen atoms in total. The molecule has 1 aliphatic heterocycles. The molecule has 1 saturated heterocycles. The summed E-state index contributed by atoms with van der Waals surface area (Å²) in [6, 6.07) is 5.03. The minimum Gasteiger partial charge on any atom is -0.325 e. The molecule has 25 heavy (non-hydrogen) atoms. The number of amides is 1. The molecular weight excluding hydrogens is 340 g/mol. The zero-order chi connectivity index (χ0) is 18.4. The van der Waals surface area contributed by atoms with Crippen LogP contribution in [-0.4, -0.2) is 69.3 Å². The van der Waals surface area contributed by atoms with Crippen molar-refractivity contribution in [3.63, 3.8) is 0 Å². The smallest absolute Gasteiger partial charge is 0.243 e. The summed E-state index contributed by atoms with van der Waals surface area (Å²) in [6.45, 7) is 9.97. The van der Waals surface area contributed by atoms with Crippen molar-refractivity contribution in [1.82, 2.24) is 14.5 Å². The molecule has 0 spiro atoms. The predicted molar refractivity (Wildman–Crippen MR) is 99.2 cm³/mol. The largest absolute Gasteiger partial charge is 0.325 e. The number of nitrogens with zero attached hydrogens (tertiary/aromatic N) is 2. The maximum atomic E-state index is 12.8. The summed E-state index contributed by atoms with van der Waals surface area (Å²) in [6.07, 6.45) is 0. The monoisotopic (exact) mass is 368 g/mol. The average molecular weight is 369 g/mol. The van der Waals surface area contributed by atoms with E-state index in [2.05, 4.69) is 15.5 Å². The molecule has 0 aliphatic carbocycles. The lowest BCUT2D eigenvalue weighted by atomic mass is 10.2. The van der Waals surface area contributed by atoms with Crippen LogP contribution in [0.2, 0.25) is 0 Å². The number of rotatable bonds is 7. The van der Waals surface area contributed by atoms with Crippen molar-refractivity contribution in [1.29, 1.82) is 0 Å². The van der Waals surface area contributed by atoms with Gasteiger partial charge < -0.3 is 10.6 Å². The molecule has 1 fully saturated rings. The van der Waals surface area contributed by atoms with E-state index in [1.165, 1.54) is 4.31 Å². The van der Waals surface area contributed by atoms with Gasteiger partial charge in [0, 0.05) is 45.0 Å². The molecule has 1 aliphatic rings. The van der Waals surface area contributed by atoms with E-state index in [1.54, 1.807) is 25.1 Å². The van der Waals surface area contributed by atoms with Gasteiger partial charge in [0.2, 0.25) is 15.9 Å². The van der Waals surface area contributed by atoms with Gasteiger partial charge in [-0.1, -0.05) is 19.9 Å². The second-order valence-electron chi connectivity index (χ2n) is 6.14. The second-order valence-corrected chi connectivity index (χ2v) is 8.05. The number of aryl methyl sites for hydroxylation is 1. The fourth-order valence-electron chi connectivity index (χ4n) is 2.93. The Morgan fingerprint density at radius 3 is 2.48 bits per heavy atom. The van der Waals surface area contributed by atoms with Gasteiger partial charge in [0.05, 0.1) is 11.4 Å². The van der Waals surface area contributed by atoms with Crippen LogP contribution >= 0.6 is 0 Å². The van der Waals surface area contributed by atoms with Gasteiger partial charge in [-0.3, -0.25) is 9.69 Å². The molecule has 2 N–H and O–H groups in total. The maximum absolute atomic E-state index is 12.8. The van der Waals surface area contributed by atoms with Crippen molar-refractivity contribution in [3.05, 3.63) is 23.8 Å². The molecule has 0 saturated carbocycles. The molecule has 0 unspecified atom stereocenters. The van der Waals surface area contributed by atoms with Crippen molar-refractivity contribution in [3.8, 4) is 0 Å². The summed E-state index contributed by atoms with van der Waals surface area (Å²) in [5, 5.41) is 6.06. The minimum absolute atomic E-state index is 0.128. The van der Waals surface area contributed by atoms with Gasteiger partial charge in [-0.2, -0.15) is 4.31 Å². The molecule has 1 heterocycles. The third-order valence-corrected chi connectivity index (χ3v) is 6.56. The molecule has 1 aromatic rings. The van der Waals surface area contributed by atoms with Crippen LogP contribution in [0.15, 0.2) is 23.1 Å². The van der Waals surface area contributed by atoms with E-state index in [9.17, 15) is 13.2 Å². The molecular formula is C17H28N4O3S. The Balaban J connectivity index is 2.14. The number of carbonyl (C=O) groups is 1. The van der Waals surface area contributed by atoms with Gasteiger partial charge in [0.15, 0.2) is 0 Å². The van der Waals surface area contributed by atoms with Crippen LogP contribution in [-0.2, 0) is 14.8 Å². The number of carbonyl (C=O) groups excluding carboxylic acids is 1. The van der Waals surface area contributed by atoms with Gasteiger partial charge >= 0.3 is 0 Å². The van der Waals surface area contributed by atoms with Gasteiger partial charge in [-0.25, -0.2) is 8.42 Å². The highest BCUT2D eigenvalue weighted by Gasteiger charge is 2.24. The van der Waals surface area contributed by atoms with Crippen molar-refractivity contribution in [2.45, 2.75) is 25.7 Å². The van der Waals surface area contributed by atoms with Crippen molar-refractivity contribution in [2.24, 2.45) is 0 Å². The average Bonchev–Trinajstić information content (AvgIpc) is 2.58. The van der Waals surface area contributed by atoms with Gasteiger partial charge in [0.25, 0.3) is 0 Å². The Kier molecular flexibility index (Phi) is 6.95. The molecule has 8 heteroatoms. The summed E-state index contributed by atoms with van der Waals surface area (Å²) in [7, 11) is -3.55. The third-order valence-electron chi connectivity index (χ3n) is 4.37. The number of anilines is 1. The van der Waals surface area contributed by atoms with Crippen LogP contribution in [0.3, 0.4) is 0 Å². The molecule has 0 radical (unpaired) electrons. The Labute approximate surface area is 150 Å². The molecule has 2 rings (SSSR count). The van der Waals surface area contributed by atoms with Crippen LogP contribution in [0.5, 0.6) is 0 Å². The number of sulfonamides is 1. The highest BCUT2D eigenvalue weighted by atomic mass is 32.2. The zero-order valence-electron chi connectivity index (χ0n) is 15.2. The number of hydrogen-bond acceptors (Lipinski definition) is 5. The van der Waals surface area contributed by atoms with Gasteiger partial charge in [-0.05, 0) is 24.6 Å². The zero-order valence-corrected chi connectivity index (χ0v) is 16.0. The molecule has 0 bridgehead atoms. The van der Waals surface area contributed by atoms with E-state index in [0.717, 1.165) is 26.2 Å². The van der Waals surface area contributed by atoms with E-state index >= 15 is 0 Å². The first kappa shape index (κ1) is 19.8. The Morgan fingerprint density at radius 1 is 1.24 bits per heavy atom. The second kappa shape index (κ2) is 8.75. The number of piperazine rings is 1. The van der Waals surface area contributed by atoms with Crippen molar-refractivity contribution in [2.75, 3.05) is 51.1 Å². The molecule has 1 aromatic carbocycles. The summed E-state index contributed by atoms with van der Waals surface area (Å²) in [4.78, 5) is 14.6. The topological polar surface area (TPSA) is 81.8 Å². The maximum Gasteiger partial charge on any atom is 0.243 e. The summed E-state index contributed by atoms with van der Waals surface area (Å²) < 4.78 is 27.0. The SMILES string of the molecule is CCN(CC)S(=O)(=O)c1cc(NC(=O)CN2CCNCC2)ccc1C. The fourth-order valence-corrected chi connectivity index (χ4v) is 4.64. The van der Waals surface area contributed by atoms with Crippen molar-refractivity contribution < 1.29 is 13.2 Å². The molecule has 140 valence electrons. The first-order chi connectivity index (χ1) is 11.9. The highest BCUT2D eigenvalue weighted by molar-refractivity contribution is 7.89. The number of nitrogens with one attached hydrogen (secondary N) is 2. The molecule has 0 atom stereocenters. The van der Waals surface area contributed by atoms with Crippen LogP contribution in [0, 0.1) is 6.92 Å². The van der Waals surface area contributed by atoms with Gasteiger partial charge in [-0.15, -0.1) is 0 Å². The lowest BCUT2D eigenvalue weighted by Crippen LogP contribution is -2.46. The van der Waals surface area contributed by atoms with Crippen LogP contribution in [0.1, 0.15) is 19.4 Å². The Bertz CT molecular complexity index is 696. The number of hydrogen-bond donors (Lipinski definition) is 2. The van der Waals surface area contributed by atoms with E-state index < -0.39 is 10.0 Å². The van der Waals surface area contributed by atoms with Crippen LogP contribution in [0.4, 0.5) is 5.69 Å². The van der Waals surface area contributed by atoms with Crippen LogP contribution < -0.4 is 10.6 Å². The Hall–Kier alpha value is -1.48. The predicted octanol–water partition coefficient (Wildman–Crippen LogP) is 0.869. The first-order valence-corrected chi connectivity index (χ1v) is 10.2. The van der Waals surface area contributed by atoms with E-state index in [0.29, 0.717) is 30.9 Å². The lowest BCUT2D eigenvalue weighted by molar-refractivity contribution is -0.117. The summed E-state index contributed by atoms with van der Waals surface area (Å²) in [5.74, 6) is -0.128. The lowest BCUT2D eigenvalue weighted by Gasteiger charge is -2.26. The summed E-state index contributed by atoms with van der Waals surface area (Å²) in [5.41, 5.74) is 1.18. The normalized spacial score (nSPS) is 16.2. The van der Waals surface area contributed by atoms with Gasteiger partial charge in [0.1, 0.15) is 0 Å². The molecule has 1 amide bonds. The van der Waals surface area contributed by atoms with Crippen LogP contribution in [0.25, 0.3) is 0 Å². The minimum atomic E-state index is -3.55. The third kappa shape index (κ3) is 5.01. The molecule has 0 aromatic heterocycles. The van der Waals surface area contributed by atoms with E-state index in [4.69, 9.17) is 0 Å². The first-order valence-electron chi connectivity index (χ1n) is 8.72. The highest BCUT2D eigenvalue weighted by Crippen LogP contribution is 2.23.